The Morgan fingerprint density at radius 1 is 0.975 bits per heavy atom. The fourth-order valence-corrected chi connectivity index (χ4v) is 5.52. The largest absolute Gasteiger partial charge is 0.463 e. The van der Waals surface area contributed by atoms with E-state index in [2.05, 4.69) is 65.4 Å². The van der Waals surface area contributed by atoms with Gasteiger partial charge in [0.2, 0.25) is 0 Å². The molecule has 2 heterocycles. The van der Waals surface area contributed by atoms with Gasteiger partial charge in [0.15, 0.2) is 0 Å². The van der Waals surface area contributed by atoms with E-state index in [-0.39, 0.29) is 17.7 Å². The minimum absolute atomic E-state index is 0.108. The lowest BCUT2D eigenvalue weighted by Crippen LogP contribution is -2.31. The molecular weight excluding hydrogens is 528 g/mol. The van der Waals surface area contributed by atoms with Gasteiger partial charge in [-0.25, -0.2) is 4.79 Å². The van der Waals surface area contributed by atoms with Gasteiger partial charge in [-0.15, -0.1) is 0 Å². The quantitative estimate of drug-likeness (QED) is 0.145. The van der Waals surface area contributed by atoms with Crippen LogP contribution < -0.4 is 5.69 Å². The summed E-state index contributed by atoms with van der Waals surface area (Å²) in [5.74, 6) is 5.40. The maximum absolute atomic E-state index is 12.8. The molecule has 1 N–H and O–H groups in total. The Balaban J connectivity index is 1.37. The molecule has 0 unspecified atom stereocenters. The van der Waals surface area contributed by atoms with Gasteiger partial charge >= 0.3 is 17.6 Å². The summed E-state index contributed by atoms with van der Waals surface area (Å²) < 4.78 is 18.0. The van der Waals surface area contributed by atoms with Gasteiger partial charge in [-0.2, -0.15) is 0 Å². The van der Waals surface area contributed by atoms with Crippen LogP contribution in [0.3, 0.4) is 0 Å². The Bertz CT molecular complexity index is 1970. The zero-order chi connectivity index (χ0) is 28.0. The van der Waals surface area contributed by atoms with Crippen LogP contribution in [-0.2, 0) is 23.8 Å². The van der Waals surface area contributed by atoms with Crippen molar-refractivity contribution < 1.29 is 23.8 Å². The van der Waals surface area contributed by atoms with Crippen molar-refractivity contribution in [1.82, 2.24) is 9.55 Å². The van der Waals surface area contributed by atoms with Crippen LogP contribution in [0.2, 0.25) is 0 Å². The van der Waals surface area contributed by atoms with E-state index in [1.54, 1.807) is 6.20 Å². The molecule has 0 radical (unpaired) electrons. The Kier molecular flexibility index (Phi) is 6.58. The first-order chi connectivity index (χ1) is 19.3. The molecular formula is C31H24N2O6S. The lowest BCUT2D eigenvalue weighted by Gasteiger charge is -2.17. The number of hydrogen-bond donors (Lipinski definition) is 1. The number of aromatic nitrogens is 2. The van der Waals surface area contributed by atoms with Crippen LogP contribution in [0.25, 0.3) is 32.3 Å². The summed E-state index contributed by atoms with van der Waals surface area (Å²) in [4.78, 5) is 38.4. The smallest absolute Gasteiger partial charge is 0.328 e. The Morgan fingerprint density at radius 3 is 2.38 bits per heavy atom. The van der Waals surface area contributed by atoms with Gasteiger partial charge in [0.05, 0.1) is 5.56 Å². The Labute approximate surface area is 233 Å². The molecule has 0 bridgehead atoms. The third kappa shape index (κ3) is 4.72. The summed E-state index contributed by atoms with van der Waals surface area (Å²) in [6.45, 7) is 2.46. The molecule has 40 heavy (non-hydrogen) atoms. The molecule has 3 atom stereocenters. The van der Waals surface area contributed by atoms with E-state index in [0.717, 1.165) is 21.7 Å². The van der Waals surface area contributed by atoms with E-state index in [4.69, 9.17) is 26.4 Å². The van der Waals surface area contributed by atoms with E-state index >= 15 is 0 Å². The molecule has 9 heteroatoms. The number of hydrogen-bond acceptors (Lipinski definition) is 7. The minimum Gasteiger partial charge on any atom is -0.463 e. The highest BCUT2D eigenvalue weighted by molar-refractivity contribution is 7.71. The maximum atomic E-state index is 12.8. The fraction of sp³-hybridized carbons (Fsp3) is 0.226. The molecule has 0 saturated carbocycles. The first kappa shape index (κ1) is 25.7. The van der Waals surface area contributed by atoms with Crippen molar-refractivity contribution in [2.75, 3.05) is 6.61 Å². The van der Waals surface area contributed by atoms with Gasteiger partial charge in [0.25, 0.3) is 0 Å². The van der Waals surface area contributed by atoms with Gasteiger partial charge in [0, 0.05) is 32.0 Å². The van der Waals surface area contributed by atoms with Gasteiger partial charge in [-0.1, -0.05) is 72.6 Å². The van der Waals surface area contributed by atoms with Gasteiger partial charge in [-0.05, 0) is 38.4 Å². The highest BCUT2D eigenvalue weighted by Crippen LogP contribution is 2.36. The number of H-pyrrole nitrogens is 1. The fourth-order valence-electron chi connectivity index (χ4n) is 5.33. The van der Waals surface area contributed by atoms with Crippen molar-refractivity contribution in [3.63, 3.8) is 0 Å². The average Bonchev–Trinajstić information content (AvgIpc) is 3.32. The van der Waals surface area contributed by atoms with Crippen molar-refractivity contribution in [3.05, 3.63) is 87.0 Å². The second-order valence-corrected chi connectivity index (χ2v) is 10.2. The van der Waals surface area contributed by atoms with E-state index in [0.29, 0.717) is 5.56 Å². The van der Waals surface area contributed by atoms with Gasteiger partial charge < -0.3 is 14.2 Å². The number of carbonyl (C=O) groups excluding carboxylic acids is 2. The highest BCUT2D eigenvalue weighted by Gasteiger charge is 2.39. The second-order valence-electron chi connectivity index (χ2n) is 9.74. The summed E-state index contributed by atoms with van der Waals surface area (Å²) in [6.07, 6.45) is -0.450. The summed E-state index contributed by atoms with van der Waals surface area (Å²) in [5.41, 5.74) is 0.792. The molecule has 1 aromatic heterocycles. The highest BCUT2D eigenvalue weighted by atomic mass is 32.1. The topological polar surface area (TPSA) is 99.6 Å². The maximum Gasteiger partial charge on any atom is 0.328 e. The number of carbonyl (C=O) groups is 2. The van der Waals surface area contributed by atoms with Crippen LogP contribution in [0.15, 0.2) is 65.6 Å². The summed E-state index contributed by atoms with van der Waals surface area (Å²) in [5, 5.41) is 6.88. The first-order valence-electron chi connectivity index (χ1n) is 12.8. The first-order valence-corrected chi connectivity index (χ1v) is 13.2. The van der Waals surface area contributed by atoms with Gasteiger partial charge in [0.1, 0.15) is 29.7 Å². The van der Waals surface area contributed by atoms with Crippen LogP contribution in [-0.4, -0.2) is 40.3 Å². The van der Waals surface area contributed by atoms with Crippen LogP contribution in [0.5, 0.6) is 0 Å². The van der Waals surface area contributed by atoms with Crippen molar-refractivity contribution in [3.8, 4) is 11.8 Å². The zero-order valence-electron chi connectivity index (χ0n) is 21.7. The van der Waals surface area contributed by atoms with Crippen molar-refractivity contribution in [1.29, 1.82) is 0 Å². The predicted molar refractivity (Wildman–Crippen MR) is 153 cm³/mol. The molecule has 200 valence electrons. The number of benzene rings is 4. The molecule has 1 saturated heterocycles. The number of esters is 2. The summed E-state index contributed by atoms with van der Waals surface area (Å²) in [7, 11) is 0. The number of ether oxygens (including phenoxy) is 3. The monoisotopic (exact) mass is 552 g/mol. The standard InChI is InChI=1S/C31H24N2O6S/c1-17(34)37-16-26-25(38-18(2)35)14-27(39-26)33-15-23(30(40)32-31(33)36)11-7-19-6-8-22-10-9-20-4-3-5-21-12-13-24(19)29(22)28(20)21/h3-6,8-10,12-13,15,25-27H,14,16H2,1-2H3,(H,32,36,40)/t25-,26+,27+/m0/s1. The molecule has 0 spiro atoms. The Morgan fingerprint density at radius 2 is 1.65 bits per heavy atom. The predicted octanol–water partition coefficient (Wildman–Crippen LogP) is 4.99. The van der Waals surface area contributed by atoms with Crippen LogP contribution in [0, 0.1) is 16.5 Å². The van der Waals surface area contributed by atoms with Crippen LogP contribution in [0.1, 0.15) is 37.6 Å². The lowest BCUT2D eigenvalue weighted by atomic mass is 9.92. The average molecular weight is 553 g/mol. The van der Waals surface area contributed by atoms with E-state index < -0.39 is 36.1 Å². The molecule has 0 amide bonds. The lowest BCUT2D eigenvalue weighted by molar-refractivity contribution is -0.155. The molecule has 1 aliphatic heterocycles. The molecule has 4 aromatic carbocycles. The molecule has 1 fully saturated rings. The number of nitrogens with zero attached hydrogens (tertiary/aromatic N) is 1. The second kappa shape index (κ2) is 10.2. The Hall–Kier alpha value is -4.52. The normalized spacial score (nSPS) is 18.6. The van der Waals surface area contributed by atoms with Crippen LogP contribution in [0.4, 0.5) is 0 Å². The molecule has 6 rings (SSSR count). The number of aromatic amines is 1. The number of nitrogens with one attached hydrogen (secondary N) is 1. The SMILES string of the molecule is CC(=O)OC[C@H]1O[C@@H](n2cc(C#Cc3ccc4ccc5cccc6ccc3c4c56)c(=S)[nH]c2=O)C[C@@H]1OC(C)=O. The molecule has 5 aromatic rings. The molecule has 8 nitrogen and oxygen atoms in total. The third-order valence-corrected chi connectivity index (χ3v) is 7.41. The van der Waals surface area contributed by atoms with Crippen molar-refractivity contribution >= 4 is 56.5 Å². The molecule has 0 aliphatic carbocycles. The van der Waals surface area contributed by atoms with Crippen molar-refractivity contribution in [2.24, 2.45) is 0 Å². The van der Waals surface area contributed by atoms with Crippen LogP contribution >= 0.6 is 12.2 Å². The van der Waals surface area contributed by atoms with Crippen molar-refractivity contribution in [2.45, 2.75) is 38.7 Å². The van der Waals surface area contributed by atoms with E-state index in [9.17, 15) is 14.4 Å². The van der Waals surface area contributed by atoms with Gasteiger partial charge in [-0.3, -0.25) is 19.1 Å². The summed E-state index contributed by atoms with van der Waals surface area (Å²) >= 11 is 5.42. The van der Waals surface area contributed by atoms with E-state index in [1.165, 1.54) is 34.6 Å². The van der Waals surface area contributed by atoms with E-state index in [1.807, 2.05) is 6.07 Å². The zero-order valence-corrected chi connectivity index (χ0v) is 22.5. The molecule has 1 aliphatic rings. The third-order valence-electron chi connectivity index (χ3n) is 7.09. The minimum atomic E-state index is -0.778. The summed E-state index contributed by atoms with van der Waals surface area (Å²) in [6, 6.07) is 18.8. The number of rotatable bonds is 4.